The highest BCUT2D eigenvalue weighted by atomic mass is 16.6. The Morgan fingerprint density at radius 3 is 2.86 bits per heavy atom. The molecule has 0 saturated carbocycles. The zero-order chi connectivity index (χ0) is 15.4. The highest BCUT2D eigenvalue weighted by Gasteiger charge is 2.16. The molecule has 0 spiro atoms. The summed E-state index contributed by atoms with van der Waals surface area (Å²) in [5.74, 6) is -0.493. The normalized spacial score (nSPS) is 12.1. The summed E-state index contributed by atoms with van der Waals surface area (Å²) in [6, 6.07) is 1.82. The van der Waals surface area contributed by atoms with Crippen LogP contribution in [0.5, 0.6) is 0 Å². The maximum atomic E-state index is 12.0. The Labute approximate surface area is 120 Å². The smallest absolute Gasteiger partial charge is 0.306 e. The number of nitrogens with one attached hydrogen (secondary N) is 1. The number of nitrogens with zero attached hydrogens (tertiary/aromatic N) is 5. The first-order valence-electron chi connectivity index (χ1n) is 6.39. The molecule has 0 aliphatic heterocycles. The number of carbonyl (C=O) groups excluding carboxylic acids is 1. The molecule has 9 nitrogen and oxygen atoms in total. The van der Waals surface area contributed by atoms with Gasteiger partial charge in [-0.15, -0.1) is 0 Å². The SMILES string of the molecule is CC(Cn1cc([N+](=O)[O-])cn1)C(=O)NCc1ccnn1C. The second-order valence-electron chi connectivity index (χ2n) is 4.74. The van der Waals surface area contributed by atoms with E-state index in [1.165, 1.54) is 17.1 Å². The predicted molar refractivity (Wildman–Crippen MR) is 73.1 cm³/mol. The topological polar surface area (TPSA) is 108 Å². The van der Waals surface area contributed by atoms with E-state index < -0.39 is 4.92 Å². The Kier molecular flexibility index (Phi) is 4.31. The molecule has 0 saturated heterocycles. The van der Waals surface area contributed by atoms with Crippen LogP contribution in [0.25, 0.3) is 0 Å². The number of aryl methyl sites for hydroxylation is 1. The van der Waals surface area contributed by atoms with Gasteiger partial charge in [-0.1, -0.05) is 6.92 Å². The number of hydrogen-bond acceptors (Lipinski definition) is 5. The Hall–Kier alpha value is -2.71. The molecular formula is C12H16N6O3. The fourth-order valence-corrected chi connectivity index (χ4v) is 1.84. The molecule has 0 fully saturated rings. The lowest BCUT2D eigenvalue weighted by Crippen LogP contribution is -2.31. The van der Waals surface area contributed by atoms with E-state index in [1.807, 2.05) is 6.07 Å². The van der Waals surface area contributed by atoms with Crippen molar-refractivity contribution in [2.24, 2.45) is 13.0 Å². The molecule has 2 aromatic rings. The van der Waals surface area contributed by atoms with Crippen LogP contribution in [-0.2, 0) is 24.9 Å². The lowest BCUT2D eigenvalue weighted by atomic mass is 10.1. The molecule has 1 N–H and O–H groups in total. The molecule has 1 atom stereocenters. The van der Waals surface area contributed by atoms with E-state index >= 15 is 0 Å². The first kappa shape index (κ1) is 14.7. The molecule has 21 heavy (non-hydrogen) atoms. The van der Waals surface area contributed by atoms with Gasteiger partial charge in [0, 0.05) is 13.2 Å². The van der Waals surface area contributed by atoms with Gasteiger partial charge in [-0.05, 0) is 6.07 Å². The summed E-state index contributed by atoms with van der Waals surface area (Å²) < 4.78 is 3.08. The maximum absolute atomic E-state index is 12.0. The fourth-order valence-electron chi connectivity index (χ4n) is 1.84. The van der Waals surface area contributed by atoms with Crippen LogP contribution in [0.15, 0.2) is 24.7 Å². The first-order valence-corrected chi connectivity index (χ1v) is 6.39. The van der Waals surface area contributed by atoms with E-state index in [1.54, 1.807) is 24.9 Å². The summed E-state index contributed by atoms with van der Waals surface area (Å²) in [6.07, 6.45) is 4.14. The highest BCUT2D eigenvalue weighted by molar-refractivity contribution is 5.78. The third-order valence-electron chi connectivity index (χ3n) is 3.11. The number of amides is 1. The van der Waals surface area contributed by atoms with Crippen LogP contribution in [0, 0.1) is 16.0 Å². The molecule has 2 heterocycles. The molecule has 2 aromatic heterocycles. The van der Waals surface area contributed by atoms with Crippen LogP contribution in [0.3, 0.4) is 0 Å². The summed E-state index contributed by atoms with van der Waals surface area (Å²) in [5, 5.41) is 21.2. The fraction of sp³-hybridized carbons (Fsp3) is 0.417. The molecule has 0 aliphatic carbocycles. The van der Waals surface area contributed by atoms with Crippen molar-refractivity contribution in [2.45, 2.75) is 20.0 Å². The molecule has 9 heteroatoms. The van der Waals surface area contributed by atoms with Gasteiger partial charge in [-0.2, -0.15) is 10.2 Å². The zero-order valence-electron chi connectivity index (χ0n) is 11.8. The summed E-state index contributed by atoms with van der Waals surface area (Å²) in [5.41, 5.74) is 0.808. The maximum Gasteiger partial charge on any atom is 0.306 e. The van der Waals surface area contributed by atoms with Crippen molar-refractivity contribution in [1.82, 2.24) is 24.9 Å². The van der Waals surface area contributed by atoms with Crippen molar-refractivity contribution in [1.29, 1.82) is 0 Å². The van der Waals surface area contributed by atoms with E-state index in [2.05, 4.69) is 15.5 Å². The van der Waals surface area contributed by atoms with Gasteiger partial charge in [-0.25, -0.2) is 0 Å². The van der Waals surface area contributed by atoms with Crippen molar-refractivity contribution in [2.75, 3.05) is 0 Å². The van der Waals surface area contributed by atoms with Gasteiger partial charge in [-0.3, -0.25) is 24.3 Å². The van der Waals surface area contributed by atoms with Gasteiger partial charge >= 0.3 is 5.69 Å². The molecule has 112 valence electrons. The Morgan fingerprint density at radius 2 is 2.29 bits per heavy atom. The van der Waals surface area contributed by atoms with Crippen molar-refractivity contribution in [3.8, 4) is 0 Å². The van der Waals surface area contributed by atoms with Crippen LogP contribution in [0.2, 0.25) is 0 Å². The van der Waals surface area contributed by atoms with Crippen LogP contribution >= 0.6 is 0 Å². The molecule has 0 bridgehead atoms. The van der Waals surface area contributed by atoms with Crippen molar-refractivity contribution in [3.05, 3.63) is 40.5 Å². The number of aromatic nitrogens is 4. The zero-order valence-corrected chi connectivity index (χ0v) is 11.8. The van der Waals surface area contributed by atoms with Crippen molar-refractivity contribution >= 4 is 11.6 Å². The second kappa shape index (κ2) is 6.16. The minimum Gasteiger partial charge on any atom is -0.350 e. The minimum atomic E-state index is -0.517. The van der Waals surface area contributed by atoms with Crippen LogP contribution in [-0.4, -0.2) is 30.4 Å². The third-order valence-corrected chi connectivity index (χ3v) is 3.11. The van der Waals surface area contributed by atoms with Crippen LogP contribution in [0.1, 0.15) is 12.6 Å². The molecular weight excluding hydrogens is 276 g/mol. The Balaban J connectivity index is 1.87. The van der Waals surface area contributed by atoms with Gasteiger partial charge in [0.15, 0.2) is 0 Å². The van der Waals surface area contributed by atoms with Gasteiger partial charge in [0.1, 0.15) is 12.4 Å². The first-order chi connectivity index (χ1) is 9.97. The largest absolute Gasteiger partial charge is 0.350 e. The molecule has 0 aliphatic rings. The van der Waals surface area contributed by atoms with Crippen LogP contribution < -0.4 is 5.32 Å². The quantitative estimate of drug-likeness (QED) is 0.615. The predicted octanol–water partition coefficient (Wildman–Crippen LogP) is 0.477. The minimum absolute atomic E-state index is 0.0857. The molecule has 1 amide bonds. The van der Waals surface area contributed by atoms with E-state index in [4.69, 9.17) is 0 Å². The van der Waals surface area contributed by atoms with Gasteiger partial charge < -0.3 is 5.32 Å². The number of nitro groups is 1. The second-order valence-corrected chi connectivity index (χ2v) is 4.74. The summed E-state index contributed by atoms with van der Waals surface area (Å²) in [7, 11) is 1.80. The lowest BCUT2D eigenvalue weighted by Gasteiger charge is -2.12. The monoisotopic (exact) mass is 292 g/mol. The van der Waals surface area contributed by atoms with E-state index in [0.717, 1.165) is 5.69 Å². The summed E-state index contributed by atoms with van der Waals surface area (Å²) >= 11 is 0. The molecule has 0 aromatic carbocycles. The Morgan fingerprint density at radius 1 is 1.52 bits per heavy atom. The molecule has 1 unspecified atom stereocenters. The standard InChI is InChI=1S/C12H16N6O3/c1-9(7-17-8-11(6-15-17)18(20)21)12(19)13-5-10-3-4-14-16(10)2/h3-4,6,8-9H,5,7H2,1-2H3,(H,13,19). The average Bonchev–Trinajstić information content (AvgIpc) is 3.05. The number of rotatable bonds is 6. The van der Waals surface area contributed by atoms with Gasteiger partial charge in [0.2, 0.25) is 5.91 Å². The summed E-state index contributed by atoms with van der Waals surface area (Å²) in [6.45, 7) is 2.41. The van der Waals surface area contributed by atoms with Gasteiger partial charge in [0.05, 0.1) is 29.6 Å². The lowest BCUT2D eigenvalue weighted by molar-refractivity contribution is -0.385. The van der Waals surface area contributed by atoms with Crippen molar-refractivity contribution in [3.63, 3.8) is 0 Å². The molecule has 0 radical (unpaired) electrons. The molecule has 2 rings (SSSR count). The van der Waals surface area contributed by atoms with E-state index in [-0.39, 0.29) is 24.1 Å². The highest BCUT2D eigenvalue weighted by Crippen LogP contribution is 2.10. The third kappa shape index (κ3) is 3.65. The number of carbonyl (C=O) groups is 1. The number of hydrogen-bond donors (Lipinski definition) is 1. The van der Waals surface area contributed by atoms with Crippen LogP contribution in [0.4, 0.5) is 5.69 Å². The van der Waals surface area contributed by atoms with Crippen molar-refractivity contribution < 1.29 is 9.72 Å². The van der Waals surface area contributed by atoms with Gasteiger partial charge in [0.25, 0.3) is 0 Å². The summed E-state index contributed by atoms with van der Waals surface area (Å²) in [4.78, 5) is 22.0. The van der Waals surface area contributed by atoms with E-state index in [9.17, 15) is 14.9 Å². The average molecular weight is 292 g/mol. The van der Waals surface area contributed by atoms with E-state index in [0.29, 0.717) is 6.54 Å². The Bertz CT molecular complexity index is 647.